The summed E-state index contributed by atoms with van der Waals surface area (Å²) in [4.78, 5) is 0. The Morgan fingerprint density at radius 1 is 1.15 bits per heavy atom. The van der Waals surface area contributed by atoms with Crippen molar-refractivity contribution in [2.75, 3.05) is 0 Å². The number of hydrogen-bond acceptors (Lipinski definition) is 1. The Bertz CT molecular complexity index is 300. The molecule has 0 saturated carbocycles. The van der Waals surface area contributed by atoms with E-state index in [4.69, 9.17) is 0 Å². The number of aliphatic hydroxyl groups excluding tert-OH is 1. The lowest BCUT2D eigenvalue weighted by atomic mass is 9.92. The number of benzene rings is 1. The van der Waals surface area contributed by atoms with Gasteiger partial charge in [0, 0.05) is 0 Å². The van der Waals surface area contributed by atoms with Crippen LogP contribution >= 0.6 is 0 Å². The summed E-state index contributed by atoms with van der Waals surface area (Å²) in [5.74, 6) is 0. The summed E-state index contributed by atoms with van der Waals surface area (Å²) in [5, 5.41) is 9.46. The summed E-state index contributed by atoms with van der Waals surface area (Å²) in [6, 6.07) is 10.3. The molecule has 1 aromatic carbocycles. The Hall–Kier alpha value is -1.08. The van der Waals surface area contributed by atoms with E-state index in [2.05, 4.69) is 12.1 Å². The van der Waals surface area contributed by atoms with Crippen LogP contribution in [0.25, 0.3) is 5.57 Å². The summed E-state index contributed by atoms with van der Waals surface area (Å²) in [6.07, 6.45) is 4.86. The lowest BCUT2D eigenvalue weighted by Gasteiger charge is -2.16. The first-order chi connectivity index (χ1) is 6.36. The molecule has 1 atom stereocenters. The Morgan fingerprint density at radius 3 is 2.62 bits per heavy atom. The largest absolute Gasteiger partial charge is 0.389 e. The molecule has 0 bridgehead atoms. The van der Waals surface area contributed by atoms with Gasteiger partial charge in [-0.2, -0.15) is 0 Å². The first-order valence-corrected chi connectivity index (χ1v) is 4.80. The minimum absolute atomic E-state index is 0.232. The van der Waals surface area contributed by atoms with Gasteiger partial charge in [-0.05, 0) is 30.4 Å². The Labute approximate surface area is 78.7 Å². The summed E-state index contributed by atoms with van der Waals surface area (Å²) in [5.41, 5.74) is 2.54. The fourth-order valence-corrected chi connectivity index (χ4v) is 1.79. The quantitative estimate of drug-likeness (QED) is 0.694. The van der Waals surface area contributed by atoms with Gasteiger partial charge >= 0.3 is 0 Å². The second kappa shape index (κ2) is 3.75. The highest BCUT2D eigenvalue weighted by Gasteiger charge is 2.11. The van der Waals surface area contributed by atoms with Crippen molar-refractivity contribution in [3.05, 3.63) is 42.0 Å². The zero-order chi connectivity index (χ0) is 9.10. The third kappa shape index (κ3) is 1.99. The van der Waals surface area contributed by atoms with E-state index >= 15 is 0 Å². The van der Waals surface area contributed by atoms with Crippen LogP contribution in [0.2, 0.25) is 0 Å². The number of aliphatic hydroxyl groups is 1. The minimum Gasteiger partial charge on any atom is -0.389 e. The average Bonchev–Trinajstić information content (AvgIpc) is 2.19. The van der Waals surface area contributed by atoms with Crippen LogP contribution in [0.4, 0.5) is 0 Å². The van der Waals surface area contributed by atoms with Crippen LogP contribution in [0.15, 0.2) is 36.4 Å². The zero-order valence-electron chi connectivity index (χ0n) is 7.61. The molecule has 0 spiro atoms. The van der Waals surface area contributed by atoms with E-state index < -0.39 is 0 Å². The van der Waals surface area contributed by atoms with Crippen molar-refractivity contribution < 1.29 is 5.11 Å². The lowest BCUT2D eigenvalue weighted by molar-refractivity contribution is 0.206. The molecule has 0 radical (unpaired) electrons. The summed E-state index contributed by atoms with van der Waals surface area (Å²) >= 11 is 0. The molecule has 0 aromatic heterocycles. The van der Waals surface area contributed by atoms with Crippen LogP contribution in [0.5, 0.6) is 0 Å². The molecule has 68 valence electrons. The fourth-order valence-electron chi connectivity index (χ4n) is 1.79. The molecular weight excluding hydrogens is 160 g/mol. The van der Waals surface area contributed by atoms with Gasteiger partial charge < -0.3 is 5.11 Å². The van der Waals surface area contributed by atoms with Gasteiger partial charge in [-0.1, -0.05) is 36.4 Å². The predicted molar refractivity (Wildman–Crippen MR) is 54.3 cm³/mol. The SMILES string of the molecule is O[C@@H]1C=C(c2ccccc2)CCC1. The normalized spacial score (nSPS) is 22.5. The molecule has 0 unspecified atom stereocenters. The third-order valence-corrected chi connectivity index (χ3v) is 2.48. The maximum absolute atomic E-state index is 9.46. The molecule has 1 heteroatoms. The molecule has 1 aliphatic rings. The van der Waals surface area contributed by atoms with Crippen LogP contribution in [0, 0.1) is 0 Å². The Kier molecular flexibility index (Phi) is 2.46. The van der Waals surface area contributed by atoms with Gasteiger partial charge in [0.05, 0.1) is 6.10 Å². The first kappa shape index (κ1) is 8.52. The second-order valence-corrected chi connectivity index (χ2v) is 3.52. The van der Waals surface area contributed by atoms with Gasteiger partial charge in [-0.25, -0.2) is 0 Å². The van der Waals surface area contributed by atoms with E-state index in [1.165, 1.54) is 11.1 Å². The van der Waals surface area contributed by atoms with Crippen LogP contribution in [0.1, 0.15) is 24.8 Å². The second-order valence-electron chi connectivity index (χ2n) is 3.52. The molecule has 1 nitrogen and oxygen atoms in total. The Balaban J connectivity index is 2.26. The molecular formula is C12H14O. The number of rotatable bonds is 1. The van der Waals surface area contributed by atoms with Crippen LogP contribution < -0.4 is 0 Å². The van der Waals surface area contributed by atoms with Crippen molar-refractivity contribution >= 4 is 5.57 Å². The van der Waals surface area contributed by atoms with E-state index in [9.17, 15) is 5.11 Å². The number of hydrogen-bond donors (Lipinski definition) is 1. The van der Waals surface area contributed by atoms with Crippen molar-refractivity contribution in [2.45, 2.75) is 25.4 Å². The first-order valence-electron chi connectivity index (χ1n) is 4.80. The van der Waals surface area contributed by atoms with E-state index in [1.807, 2.05) is 24.3 Å². The van der Waals surface area contributed by atoms with Gasteiger partial charge in [0.15, 0.2) is 0 Å². The van der Waals surface area contributed by atoms with Crippen molar-refractivity contribution in [3.8, 4) is 0 Å². The molecule has 0 heterocycles. The van der Waals surface area contributed by atoms with E-state index in [-0.39, 0.29) is 6.10 Å². The maximum Gasteiger partial charge on any atom is 0.0726 e. The standard InChI is InChI=1S/C12H14O/c13-12-8-4-7-11(9-12)10-5-2-1-3-6-10/h1-3,5-6,9,12-13H,4,7-8H2/t12-/m0/s1. The van der Waals surface area contributed by atoms with E-state index in [0.29, 0.717) is 0 Å². The maximum atomic E-state index is 9.46. The molecule has 1 aromatic rings. The molecule has 1 aliphatic carbocycles. The summed E-state index contributed by atoms with van der Waals surface area (Å²) < 4.78 is 0. The topological polar surface area (TPSA) is 20.2 Å². The van der Waals surface area contributed by atoms with Crippen LogP contribution in [0.3, 0.4) is 0 Å². The molecule has 2 rings (SSSR count). The highest BCUT2D eigenvalue weighted by molar-refractivity contribution is 5.66. The van der Waals surface area contributed by atoms with E-state index in [1.54, 1.807) is 0 Å². The molecule has 0 saturated heterocycles. The summed E-state index contributed by atoms with van der Waals surface area (Å²) in [6.45, 7) is 0. The predicted octanol–water partition coefficient (Wildman–Crippen LogP) is 2.61. The minimum atomic E-state index is -0.232. The monoisotopic (exact) mass is 174 g/mol. The van der Waals surface area contributed by atoms with Gasteiger partial charge in [-0.3, -0.25) is 0 Å². The smallest absolute Gasteiger partial charge is 0.0726 e. The van der Waals surface area contributed by atoms with Gasteiger partial charge in [0.25, 0.3) is 0 Å². The molecule has 1 N–H and O–H groups in total. The molecule has 0 fully saturated rings. The molecule has 0 aliphatic heterocycles. The van der Waals surface area contributed by atoms with Crippen molar-refractivity contribution in [2.24, 2.45) is 0 Å². The summed E-state index contributed by atoms with van der Waals surface area (Å²) in [7, 11) is 0. The van der Waals surface area contributed by atoms with Crippen molar-refractivity contribution in [1.29, 1.82) is 0 Å². The van der Waals surface area contributed by atoms with Gasteiger partial charge in [-0.15, -0.1) is 0 Å². The Morgan fingerprint density at radius 2 is 1.92 bits per heavy atom. The molecule has 13 heavy (non-hydrogen) atoms. The van der Waals surface area contributed by atoms with Crippen molar-refractivity contribution in [3.63, 3.8) is 0 Å². The zero-order valence-corrected chi connectivity index (χ0v) is 7.61. The van der Waals surface area contributed by atoms with Crippen molar-refractivity contribution in [1.82, 2.24) is 0 Å². The third-order valence-electron chi connectivity index (χ3n) is 2.48. The average molecular weight is 174 g/mol. The highest BCUT2D eigenvalue weighted by atomic mass is 16.3. The highest BCUT2D eigenvalue weighted by Crippen LogP contribution is 2.26. The fraction of sp³-hybridized carbons (Fsp3) is 0.333. The lowest BCUT2D eigenvalue weighted by Crippen LogP contribution is -2.08. The van der Waals surface area contributed by atoms with Crippen LogP contribution in [-0.2, 0) is 0 Å². The van der Waals surface area contributed by atoms with Gasteiger partial charge in [0.2, 0.25) is 0 Å². The van der Waals surface area contributed by atoms with Crippen LogP contribution in [-0.4, -0.2) is 11.2 Å². The molecule has 0 amide bonds. The van der Waals surface area contributed by atoms with Gasteiger partial charge in [0.1, 0.15) is 0 Å². The number of allylic oxidation sites excluding steroid dienone is 1. The van der Waals surface area contributed by atoms with E-state index in [0.717, 1.165) is 19.3 Å².